The van der Waals surface area contributed by atoms with Crippen LogP contribution in [-0.2, 0) is 6.18 Å². The maximum absolute atomic E-state index is 14.4. The summed E-state index contributed by atoms with van der Waals surface area (Å²) in [6.07, 6.45) is -4.36. The molecule has 0 unspecified atom stereocenters. The number of halogens is 5. The molecule has 112 valence electrons. The maximum Gasteiger partial charge on any atom is 0.416 e. The molecule has 1 aromatic carbocycles. The minimum absolute atomic E-state index is 0. The number of hydrogen-bond donors (Lipinski definition) is 1. The van der Waals surface area contributed by atoms with Crippen LogP contribution in [0.15, 0.2) is 24.3 Å². The van der Waals surface area contributed by atoms with E-state index in [0.717, 1.165) is 24.3 Å². The molecule has 1 aliphatic heterocycles. The fourth-order valence-electron chi connectivity index (χ4n) is 2.12. The molecule has 0 aromatic heterocycles. The standard InChI is InChI=1S/C13H13F4NO.ClH/c14-12(5-7-18-8-6-12)11(19)9-1-3-10(4-2-9)13(15,16)17;/h1-4,18H,5-8H2;1H. The van der Waals surface area contributed by atoms with Crippen LogP contribution < -0.4 is 5.32 Å². The topological polar surface area (TPSA) is 29.1 Å². The van der Waals surface area contributed by atoms with Crippen LogP contribution in [0.2, 0.25) is 0 Å². The summed E-state index contributed by atoms with van der Waals surface area (Å²) in [6, 6.07) is 3.68. The number of benzene rings is 1. The summed E-state index contributed by atoms with van der Waals surface area (Å²) in [5.74, 6) is -0.734. The first-order valence-corrected chi connectivity index (χ1v) is 5.95. The number of carbonyl (C=O) groups is 1. The number of rotatable bonds is 2. The highest BCUT2D eigenvalue weighted by Crippen LogP contribution is 2.31. The van der Waals surface area contributed by atoms with Gasteiger partial charge in [0, 0.05) is 18.4 Å². The van der Waals surface area contributed by atoms with Crippen molar-refractivity contribution in [1.29, 1.82) is 0 Å². The molecule has 0 saturated carbocycles. The summed E-state index contributed by atoms with van der Waals surface area (Å²) in [6.45, 7) is 0.783. The second-order valence-electron chi connectivity index (χ2n) is 4.62. The molecule has 1 N–H and O–H groups in total. The third-order valence-electron chi connectivity index (χ3n) is 3.28. The van der Waals surface area contributed by atoms with Crippen LogP contribution in [0.25, 0.3) is 0 Å². The third-order valence-corrected chi connectivity index (χ3v) is 3.28. The zero-order valence-electron chi connectivity index (χ0n) is 10.5. The largest absolute Gasteiger partial charge is 0.416 e. The predicted molar refractivity (Wildman–Crippen MR) is 69.0 cm³/mol. The van der Waals surface area contributed by atoms with Gasteiger partial charge in [0.25, 0.3) is 0 Å². The summed E-state index contributed by atoms with van der Waals surface area (Å²) >= 11 is 0. The number of nitrogens with one attached hydrogen (secondary N) is 1. The van der Waals surface area contributed by atoms with Crippen molar-refractivity contribution in [2.24, 2.45) is 0 Å². The van der Waals surface area contributed by atoms with E-state index in [4.69, 9.17) is 0 Å². The molecule has 0 aliphatic carbocycles. The van der Waals surface area contributed by atoms with Crippen LogP contribution in [0.5, 0.6) is 0 Å². The van der Waals surface area contributed by atoms with Crippen molar-refractivity contribution in [1.82, 2.24) is 5.32 Å². The van der Waals surface area contributed by atoms with Gasteiger partial charge in [-0.2, -0.15) is 13.2 Å². The zero-order valence-corrected chi connectivity index (χ0v) is 11.3. The third kappa shape index (κ3) is 3.49. The lowest BCUT2D eigenvalue weighted by Gasteiger charge is -2.28. The normalized spacial score (nSPS) is 18.2. The molecule has 1 aliphatic rings. The van der Waals surface area contributed by atoms with Gasteiger partial charge in [-0.3, -0.25) is 4.79 Å². The van der Waals surface area contributed by atoms with E-state index in [9.17, 15) is 22.4 Å². The average Bonchev–Trinajstić information content (AvgIpc) is 2.38. The molecule has 1 saturated heterocycles. The monoisotopic (exact) mass is 311 g/mol. The average molecular weight is 312 g/mol. The second kappa shape index (κ2) is 6.10. The molecule has 1 heterocycles. The first-order valence-electron chi connectivity index (χ1n) is 5.95. The minimum Gasteiger partial charge on any atom is -0.316 e. The molecule has 0 amide bonds. The highest BCUT2D eigenvalue weighted by atomic mass is 35.5. The number of carbonyl (C=O) groups excluding carboxylic acids is 1. The fraction of sp³-hybridized carbons (Fsp3) is 0.462. The lowest BCUT2D eigenvalue weighted by Crippen LogP contribution is -2.44. The molecule has 20 heavy (non-hydrogen) atoms. The highest BCUT2D eigenvalue weighted by molar-refractivity contribution is 6.02. The Bertz CT molecular complexity index is 466. The van der Waals surface area contributed by atoms with Crippen LogP contribution >= 0.6 is 12.4 Å². The smallest absolute Gasteiger partial charge is 0.316 e. The van der Waals surface area contributed by atoms with Crippen molar-refractivity contribution < 1.29 is 22.4 Å². The van der Waals surface area contributed by atoms with E-state index in [1.807, 2.05) is 0 Å². The van der Waals surface area contributed by atoms with Gasteiger partial charge in [0.15, 0.2) is 11.5 Å². The highest BCUT2D eigenvalue weighted by Gasteiger charge is 2.40. The Balaban J connectivity index is 0.00000200. The quantitative estimate of drug-likeness (QED) is 0.670. The van der Waals surface area contributed by atoms with E-state index in [1.165, 1.54) is 0 Å². The van der Waals surface area contributed by atoms with Crippen LogP contribution in [0, 0.1) is 0 Å². The molecule has 0 spiro atoms. The summed E-state index contributed by atoms with van der Waals surface area (Å²) < 4.78 is 51.5. The Morgan fingerprint density at radius 2 is 1.60 bits per heavy atom. The van der Waals surface area contributed by atoms with Gasteiger partial charge >= 0.3 is 6.18 Å². The number of piperidine rings is 1. The van der Waals surface area contributed by atoms with Gasteiger partial charge in [-0.25, -0.2) is 4.39 Å². The Labute approximate surface area is 120 Å². The number of ketones is 1. The van der Waals surface area contributed by atoms with Gasteiger partial charge < -0.3 is 5.32 Å². The van der Waals surface area contributed by atoms with Gasteiger partial charge in [-0.15, -0.1) is 12.4 Å². The van der Waals surface area contributed by atoms with E-state index in [0.29, 0.717) is 13.1 Å². The van der Waals surface area contributed by atoms with E-state index < -0.39 is 23.2 Å². The summed E-state index contributed by atoms with van der Waals surface area (Å²) in [4.78, 5) is 12.0. The molecular formula is C13H14ClF4NO. The predicted octanol–water partition coefficient (Wildman–Crippen LogP) is 3.40. The van der Waals surface area contributed by atoms with Gasteiger partial charge in [-0.1, -0.05) is 12.1 Å². The molecule has 7 heteroatoms. The summed E-state index contributed by atoms with van der Waals surface area (Å²) in [5.41, 5.74) is -2.83. The van der Waals surface area contributed by atoms with E-state index in [-0.39, 0.29) is 30.8 Å². The summed E-state index contributed by atoms with van der Waals surface area (Å²) in [5, 5.41) is 2.93. The van der Waals surface area contributed by atoms with Gasteiger partial charge in [0.05, 0.1) is 5.56 Å². The van der Waals surface area contributed by atoms with Crippen molar-refractivity contribution in [3.63, 3.8) is 0 Å². The van der Waals surface area contributed by atoms with Crippen LogP contribution in [0.4, 0.5) is 17.6 Å². The molecule has 1 aromatic rings. The molecule has 2 nitrogen and oxygen atoms in total. The lowest BCUT2D eigenvalue weighted by atomic mass is 9.86. The van der Waals surface area contributed by atoms with Crippen LogP contribution in [0.3, 0.4) is 0 Å². The van der Waals surface area contributed by atoms with Gasteiger partial charge in [0.1, 0.15) is 0 Å². The van der Waals surface area contributed by atoms with E-state index in [1.54, 1.807) is 0 Å². The lowest BCUT2D eigenvalue weighted by molar-refractivity contribution is -0.137. The number of Topliss-reactive ketones (excluding diaryl/α,β-unsaturated/α-hetero) is 1. The molecule has 0 atom stereocenters. The van der Waals surface area contributed by atoms with E-state index >= 15 is 0 Å². The van der Waals surface area contributed by atoms with E-state index in [2.05, 4.69) is 5.32 Å². The fourth-order valence-corrected chi connectivity index (χ4v) is 2.12. The first-order chi connectivity index (χ1) is 8.83. The second-order valence-corrected chi connectivity index (χ2v) is 4.62. The minimum atomic E-state index is -4.45. The number of alkyl halides is 4. The van der Waals surface area contributed by atoms with Crippen molar-refractivity contribution in [3.05, 3.63) is 35.4 Å². The Kier molecular flexibility index (Phi) is 5.15. The maximum atomic E-state index is 14.4. The van der Waals surface area contributed by atoms with Crippen molar-refractivity contribution in [2.75, 3.05) is 13.1 Å². The Morgan fingerprint density at radius 3 is 2.05 bits per heavy atom. The van der Waals surface area contributed by atoms with Crippen LogP contribution in [-0.4, -0.2) is 24.5 Å². The zero-order chi connectivity index (χ0) is 14.1. The molecular weight excluding hydrogens is 298 g/mol. The SMILES string of the molecule is Cl.O=C(c1ccc(C(F)(F)F)cc1)C1(F)CCNCC1. The number of hydrogen-bond acceptors (Lipinski definition) is 2. The summed E-state index contributed by atoms with van der Waals surface area (Å²) in [7, 11) is 0. The molecule has 1 fully saturated rings. The first kappa shape index (κ1) is 16.9. The Hall–Kier alpha value is -1.14. The van der Waals surface area contributed by atoms with Crippen LogP contribution in [0.1, 0.15) is 28.8 Å². The van der Waals surface area contributed by atoms with Gasteiger partial charge in [0.2, 0.25) is 0 Å². The Morgan fingerprint density at radius 1 is 1.10 bits per heavy atom. The van der Waals surface area contributed by atoms with Crippen molar-refractivity contribution >= 4 is 18.2 Å². The molecule has 0 radical (unpaired) electrons. The molecule has 0 bridgehead atoms. The van der Waals surface area contributed by atoms with Crippen molar-refractivity contribution in [3.8, 4) is 0 Å². The van der Waals surface area contributed by atoms with Gasteiger partial charge in [-0.05, 0) is 25.2 Å². The van der Waals surface area contributed by atoms with Crippen molar-refractivity contribution in [2.45, 2.75) is 24.7 Å². The molecule has 2 rings (SSSR count).